The lowest BCUT2D eigenvalue weighted by Gasteiger charge is -2.06. The van der Waals surface area contributed by atoms with Gasteiger partial charge in [0.25, 0.3) is 5.91 Å². The predicted octanol–water partition coefficient (Wildman–Crippen LogP) is 3.88. The van der Waals surface area contributed by atoms with Crippen LogP contribution < -0.4 is 5.43 Å². The van der Waals surface area contributed by atoms with Crippen molar-refractivity contribution in [1.29, 1.82) is 0 Å². The molecule has 0 fully saturated rings. The number of nitrogens with one attached hydrogen (secondary N) is 1. The van der Waals surface area contributed by atoms with E-state index in [1.807, 2.05) is 55.5 Å². The van der Waals surface area contributed by atoms with E-state index in [9.17, 15) is 4.79 Å². The number of rotatable bonds is 4. The molecule has 0 aliphatic heterocycles. The summed E-state index contributed by atoms with van der Waals surface area (Å²) in [7, 11) is 0. The normalized spacial score (nSPS) is 11.0. The Labute approximate surface area is 125 Å². The first kappa shape index (κ1) is 15.0. The van der Waals surface area contributed by atoms with Crippen LogP contribution in [0.25, 0.3) is 0 Å². The van der Waals surface area contributed by atoms with Crippen LogP contribution >= 0.6 is 0 Å². The monoisotopic (exact) mass is 280 g/mol. The summed E-state index contributed by atoms with van der Waals surface area (Å²) in [5.41, 5.74) is 6.50. The summed E-state index contributed by atoms with van der Waals surface area (Å²) >= 11 is 0. The van der Waals surface area contributed by atoms with Crippen LogP contribution in [-0.4, -0.2) is 12.1 Å². The van der Waals surface area contributed by atoms with E-state index in [4.69, 9.17) is 0 Å². The second-order valence-electron chi connectivity index (χ2n) is 5.33. The van der Waals surface area contributed by atoms with Crippen LogP contribution in [0.15, 0.2) is 53.6 Å². The highest BCUT2D eigenvalue weighted by Crippen LogP contribution is 2.14. The maximum absolute atomic E-state index is 12.0. The number of hydrogen-bond donors (Lipinski definition) is 1. The third-order valence-electron chi connectivity index (χ3n) is 3.40. The standard InChI is InChI=1S/C18H20N2O/c1-13(2)15-8-10-16(11-9-15)18(21)20-19-12-17-7-5-4-6-14(17)3/h4-13H,1-3H3,(H,20,21). The lowest BCUT2D eigenvalue weighted by atomic mass is 10.0. The molecule has 0 aromatic heterocycles. The first-order valence-corrected chi connectivity index (χ1v) is 7.07. The zero-order valence-corrected chi connectivity index (χ0v) is 12.6. The number of aryl methyl sites for hydroxylation is 1. The molecule has 2 aromatic rings. The minimum Gasteiger partial charge on any atom is -0.267 e. The van der Waals surface area contributed by atoms with Gasteiger partial charge in [0, 0.05) is 5.56 Å². The molecule has 0 heterocycles. The Morgan fingerprint density at radius 1 is 1.10 bits per heavy atom. The molecule has 0 atom stereocenters. The van der Waals surface area contributed by atoms with E-state index in [1.54, 1.807) is 6.21 Å². The number of hydrogen-bond acceptors (Lipinski definition) is 2. The van der Waals surface area contributed by atoms with E-state index >= 15 is 0 Å². The molecule has 0 radical (unpaired) electrons. The van der Waals surface area contributed by atoms with E-state index in [-0.39, 0.29) is 5.91 Å². The van der Waals surface area contributed by atoms with Crippen molar-refractivity contribution in [2.75, 3.05) is 0 Å². The van der Waals surface area contributed by atoms with Gasteiger partial charge in [0.15, 0.2) is 0 Å². The third kappa shape index (κ3) is 4.02. The van der Waals surface area contributed by atoms with Gasteiger partial charge in [-0.15, -0.1) is 0 Å². The smallest absolute Gasteiger partial charge is 0.267 e. The van der Waals surface area contributed by atoms with Crippen molar-refractivity contribution < 1.29 is 4.79 Å². The lowest BCUT2D eigenvalue weighted by Crippen LogP contribution is -2.17. The van der Waals surface area contributed by atoms with Gasteiger partial charge in [-0.3, -0.25) is 4.79 Å². The number of benzene rings is 2. The summed E-state index contributed by atoms with van der Waals surface area (Å²) in [6.45, 7) is 6.26. The Morgan fingerprint density at radius 3 is 2.38 bits per heavy atom. The van der Waals surface area contributed by atoms with Gasteiger partial charge in [0.05, 0.1) is 6.21 Å². The minimum atomic E-state index is -0.199. The van der Waals surface area contributed by atoms with Gasteiger partial charge in [-0.05, 0) is 41.7 Å². The Balaban J connectivity index is 2.00. The van der Waals surface area contributed by atoms with Gasteiger partial charge in [0.2, 0.25) is 0 Å². The van der Waals surface area contributed by atoms with E-state index in [1.165, 1.54) is 5.56 Å². The molecule has 21 heavy (non-hydrogen) atoms. The van der Waals surface area contributed by atoms with Crippen LogP contribution in [0.4, 0.5) is 0 Å². The fourth-order valence-corrected chi connectivity index (χ4v) is 1.98. The Morgan fingerprint density at radius 2 is 1.76 bits per heavy atom. The molecule has 2 aromatic carbocycles. The minimum absolute atomic E-state index is 0.199. The molecular formula is C18H20N2O. The first-order chi connectivity index (χ1) is 10.1. The van der Waals surface area contributed by atoms with Crippen molar-refractivity contribution in [2.24, 2.45) is 5.10 Å². The van der Waals surface area contributed by atoms with Crippen LogP contribution in [0.2, 0.25) is 0 Å². The summed E-state index contributed by atoms with van der Waals surface area (Å²) in [6, 6.07) is 15.5. The fourth-order valence-electron chi connectivity index (χ4n) is 1.98. The molecule has 2 rings (SSSR count). The third-order valence-corrected chi connectivity index (χ3v) is 3.40. The molecule has 1 N–H and O–H groups in total. The zero-order chi connectivity index (χ0) is 15.2. The summed E-state index contributed by atoms with van der Waals surface area (Å²) in [4.78, 5) is 12.0. The van der Waals surface area contributed by atoms with Crippen LogP contribution in [0.3, 0.4) is 0 Å². The Bertz CT molecular complexity index is 643. The van der Waals surface area contributed by atoms with Crippen molar-refractivity contribution in [2.45, 2.75) is 26.7 Å². The molecule has 1 amide bonds. The van der Waals surface area contributed by atoms with E-state index < -0.39 is 0 Å². The van der Waals surface area contributed by atoms with Crippen LogP contribution in [-0.2, 0) is 0 Å². The first-order valence-electron chi connectivity index (χ1n) is 7.07. The van der Waals surface area contributed by atoms with Crippen molar-refractivity contribution in [3.05, 3.63) is 70.8 Å². The summed E-state index contributed by atoms with van der Waals surface area (Å²) in [6.07, 6.45) is 1.66. The van der Waals surface area contributed by atoms with Gasteiger partial charge in [-0.25, -0.2) is 5.43 Å². The number of nitrogens with zero attached hydrogens (tertiary/aromatic N) is 1. The van der Waals surface area contributed by atoms with Crippen molar-refractivity contribution in [3.63, 3.8) is 0 Å². The highest BCUT2D eigenvalue weighted by Gasteiger charge is 2.05. The van der Waals surface area contributed by atoms with Crippen molar-refractivity contribution in [1.82, 2.24) is 5.43 Å². The molecule has 0 saturated carbocycles. The van der Waals surface area contributed by atoms with Gasteiger partial charge in [-0.2, -0.15) is 5.10 Å². The van der Waals surface area contributed by atoms with Gasteiger partial charge in [0.1, 0.15) is 0 Å². The highest BCUT2D eigenvalue weighted by molar-refractivity contribution is 5.95. The number of carbonyl (C=O) groups is 1. The topological polar surface area (TPSA) is 41.5 Å². The van der Waals surface area contributed by atoms with Crippen molar-refractivity contribution >= 4 is 12.1 Å². The molecule has 0 aliphatic rings. The molecule has 0 unspecified atom stereocenters. The summed E-state index contributed by atoms with van der Waals surface area (Å²) < 4.78 is 0. The van der Waals surface area contributed by atoms with Crippen LogP contribution in [0.1, 0.15) is 46.8 Å². The largest absolute Gasteiger partial charge is 0.271 e. The van der Waals surface area contributed by atoms with E-state index in [0.717, 1.165) is 11.1 Å². The fraction of sp³-hybridized carbons (Fsp3) is 0.222. The molecule has 3 heteroatoms. The maximum atomic E-state index is 12.0. The molecule has 3 nitrogen and oxygen atoms in total. The second kappa shape index (κ2) is 6.84. The molecule has 0 aliphatic carbocycles. The summed E-state index contributed by atoms with van der Waals surface area (Å²) in [5.74, 6) is 0.260. The quantitative estimate of drug-likeness (QED) is 0.670. The number of carbonyl (C=O) groups excluding carboxylic acids is 1. The number of amides is 1. The zero-order valence-electron chi connectivity index (χ0n) is 12.6. The molecular weight excluding hydrogens is 260 g/mol. The van der Waals surface area contributed by atoms with Gasteiger partial charge < -0.3 is 0 Å². The van der Waals surface area contributed by atoms with E-state index in [0.29, 0.717) is 11.5 Å². The average Bonchev–Trinajstić information content (AvgIpc) is 2.49. The predicted molar refractivity (Wildman–Crippen MR) is 86.8 cm³/mol. The highest BCUT2D eigenvalue weighted by atomic mass is 16.2. The molecule has 0 spiro atoms. The SMILES string of the molecule is Cc1ccccc1C=NNC(=O)c1ccc(C(C)C)cc1. The van der Waals surface area contributed by atoms with Crippen LogP contribution in [0.5, 0.6) is 0 Å². The Hall–Kier alpha value is -2.42. The van der Waals surface area contributed by atoms with E-state index in [2.05, 4.69) is 24.4 Å². The van der Waals surface area contributed by atoms with Gasteiger partial charge in [-0.1, -0.05) is 50.2 Å². The average molecular weight is 280 g/mol. The second-order valence-corrected chi connectivity index (χ2v) is 5.33. The summed E-state index contributed by atoms with van der Waals surface area (Å²) in [5, 5.41) is 4.01. The lowest BCUT2D eigenvalue weighted by molar-refractivity contribution is 0.0955. The molecule has 0 saturated heterocycles. The number of hydrazone groups is 1. The van der Waals surface area contributed by atoms with Crippen molar-refractivity contribution in [3.8, 4) is 0 Å². The molecule has 0 bridgehead atoms. The Kier molecular flexibility index (Phi) is 4.88. The van der Waals surface area contributed by atoms with Gasteiger partial charge >= 0.3 is 0 Å². The maximum Gasteiger partial charge on any atom is 0.271 e. The van der Waals surface area contributed by atoms with Crippen LogP contribution in [0, 0.1) is 6.92 Å². The molecule has 108 valence electrons.